The van der Waals surface area contributed by atoms with Crippen molar-refractivity contribution in [3.63, 3.8) is 0 Å². The number of nitrogens with zero attached hydrogens (tertiary/aromatic N) is 3. The molecule has 0 radical (unpaired) electrons. The molecule has 2 heterocycles. The maximum Gasteiger partial charge on any atom is 0.416 e. The first-order valence-corrected chi connectivity index (χ1v) is 8.43. The Labute approximate surface area is 168 Å². The van der Waals surface area contributed by atoms with Crippen LogP contribution < -0.4 is 5.32 Å². The normalized spacial score (nSPS) is 11.6. The quantitative estimate of drug-likeness (QED) is 0.500. The van der Waals surface area contributed by atoms with Gasteiger partial charge in [0.15, 0.2) is 0 Å². The van der Waals surface area contributed by atoms with Gasteiger partial charge in [0.2, 0.25) is 5.91 Å². The predicted octanol–water partition coefficient (Wildman–Crippen LogP) is 3.63. The van der Waals surface area contributed by atoms with Crippen LogP contribution in [0.4, 0.5) is 18.9 Å². The summed E-state index contributed by atoms with van der Waals surface area (Å²) < 4.78 is 50.4. The number of hydrogen-bond donors (Lipinski definition) is 1. The lowest BCUT2D eigenvalue weighted by Gasteiger charge is -2.13. The molecule has 0 aliphatic carbocycles. The average molecular weight is 420 g/mol. The Hall–Kier alpha value is -3.89. The van der Waals surface area contributed by atoms with Crippen molar-refractivity contribution in [3.05, 3.63) is 65.6 Å². The van der Waals surface area contributed by atoms with E-state index in [1.807, 2.05) is 0 Å². The van der Waals surface area contributed by atoms with E-state index in [2.05, 4.69) is 20.1 Å². The predicted molar refractivity (Wildman–Crippen MR) is 98.8 cm³/mol. The van der Waals surface area contributed by atoms with E-state index < -0.39 is 23.6 Å². The van der Waals surface area contributed by atoms with Crippen LogP contribution in [0.2, 0.25) is 0 Å². The number of furan rings is 1. The van der Waals surface area contributed by atoms with Gasteiger partial charge in [-0.3, -0.25) is 4.79 Å². The molecule has 0 fully saturated rings. The van der Waals surface area contributed by atoms with Gasteiger partial charge in [-0.05, 0) is 37.3 Å². The SMILES string of the molecule is COC(=O)c1cc(/C=C/C(=O)Nc2cc(C(F)(F)F)ccc2-n2cncn2)oc1C. The van der Waals surface area contributed by atoms with Crippen LogP contribution in [0.1, 0.15) is 27.4 Å². The number of halogens is 3. The molecule has 156 valence electrons. The number of amides is 1. The zero-order valence-corrected chi connectivity index (χ0v) is 15.7. The number of rotatable bonds is 5. The van der Waals surface area contributed by atoms with Crippen molar-refractivity contribution in [1.29, 1.82) is 0 Å². The van der Waals surface area contributed by atoms with Gasteiger partial charge < -0.3 is 14.5 Å². The number of methoxy groups -OCH3 is 1. The van der Waals surface area contributed by atoms with Gasteiger partial charge in [0.1, 0.15) is 29.7 Å². The molecular formula is C19H15F3N4O4. The number of ether oxygens (including phenoxy) is 1. The summed E-state index contributed by atoms with van der Waals surface area (Å²) in [5.41, 5.74) is -0.654. The summed E-state index contributed by atoms with van der Waals surface area (Å²) in [7, 11) is 1.22. The van der Waals surface area contributed by atoms with Crippen molar-refractivity contribution in [2.45, 2.75) is 13.1 Å². The van der Waals surface area contributed by atoms with E-state index in [0.717, 1.165) is 18.2 Å². The highest BCUT2D eigenvalue weighted by Crippen LogP contribution is 2.33. The minimum absolute atomic E-state index is 0.115. The van der Waals surface area contributed by atoms with Crippen LogP contribution in [0.15, 0.2) is 47.4 Å². The zero-order chi connectivity index (χ0) is 21.9. The van der Waals surface area contributed by atoms with Gasteiger partial charge in [-0.1, -0.05) is 0 Å². The molecule has 0 spiro atoms. The number of alkyl halides is 3. The number of benzene rings is 1. The molecule has 11 heteroatoms. The number of anilines is 1. The fourth-order valence-electron chi connectivity index (χ4n) is 2.58. The van der Waals surface area contributed by atoms with E-state index in [9.17, 15) is 22.8 Å². The molecule has 1 N–H and O–H groups in total. The molecule has 3 aromatic rings. The third-order valence-corrected chi connectivity index (χ3v) is 3.99. The second kappa shape index (κ2) is 8.23. The molecular weight excluding hydrogens is 405 g/mol. The third kappa shape index (κ3) is 4.57. The molecule has 1 amide bonds. The van der Waals surface area contributed by atoms with E-state index in [1.54, 1.807) is 6.92 Å². The highest BCUT2D eigenvalue weighted by atomic mass is 19.4. The second-order valence-electron chi connectivity index (χ2n) is 6.00. The van der Waals surface area contributed by atoms with Gasteiger partial charge >= 0.3 is 12.1 Å². The fraction of sp³-hybridized carbons (Fsp3) is 0.158. The Bertz CT molecular complexity index is 1100. The average Bonchev–Trinajstić information content (AvgIpc) is 3.35. The summed E-state index contributed by atoms with van der Waals surface area (Å²) in [6.45, 7) is 1.55. The van der Waals surface area contributed by atoms with Crippen molar-refractivity contribution in [1.82, 2.24) is 14.8 Å². The van der Waals surface area contributed by atoms with Crippen molar-refractivity contribution >= 4 is 23.6 Å². The molecule has 8 nitrogen and oxygen atoms in total. The molecule has 0 aliphatic heterocycles. The molecule has 3 rings (SSSR count). The van der Waals surface area contributed by atoms with Gasteiger partial charge in [0.05, 0.1) is 24.0 Å². The summed E-state index contributed by atoms with van der Waals surface area (Å²) in [6.07, 6.45) is 0.240. The summed E-state index contributed by atoms with van der Waals surface area (Å²) in [5.74, 6) is -0.817. The van der Waals surface area contributed by atoms with Gasteiger partial charge in [-0.2, -0.15) is 18.3 Å². The first kappa shape index (κ1) is 20.8. The Morgan fingerprint density at radius 3 is 2.67 bits per heavy atom. The number of aryl methyl sites for hydroxylation is 1. The number of carbonyl (C=O) groups excluding carboxylic acids is 2. The van der Waals surface area contributed by atoms with E-state index >= 15 is 0 Å². The standard InChI is InChI=1S/C19H15F3N4O4/c1-11-14(18(28)29-2)8-13(30-11)4-6-17(27)25-15-7-12(19(20,21)22)3-5-16(15)26-10-23-9-24-26/h3-10H,1-2H3,(H,25,27)/b6-4+. The molecule has 0 bridgehead atoms. The molecule has 0 saturated carbocycles. The number of hydrogen-bond acceptors (Lipinski definition) is 6. The van der Waals surface area contributed by atoms with Gasteiger partial charge in [0, 0.05) is 6.08 Å². The Balaban J connectivity index is 1.85. The van der Waals surface area contributed by atoms with E-state index in [1.165, 1.54) is 42.7 Å². The number of nitrogens with one attached hydrogen (secondary N) is 1. The van der Waals surface area contributed by atoms with Crippen LogP contribution in [-0.4, -0.2) is 33.8 Å². The number of carbonyl (C=O) groups is 2. The molecule has 0 unspecified atom stereocenters. The van der Waals surface area contributed by atoms with Crippen LogP contribution in [0.25, 0.3) is 11.8 Å². The molecule has 1 aromatic carbocycles. The fourth-order valence-corrected chi connectivity index (χ4v) is 2.58. The lowest BCUT2D eigenvalue weighted by atomic mass is 10.1. The number of esters is 1. The maximum atomic E-state index is 13.1. The maximum absolute atomic E-state index is 13.1. The van der Waals surface area contributed by atoms with Crippen LogP contribution in [0, 0.1) is 6.92 Å². The second-order valence-corrected chi connectivity index (χ2v) is 6.00. The van der Waals surface area contributed by atoms with Crippen LogP contribution >= 0.6 is 0 Å². The molecule has 0 atom stereocenters. The molecule has 30 heavy (non-hydrogen) atoms. The molecule has 0 aliphatic rings. The Morgan fingerprint density at radius 1 is 1.27 bits per heavy atom. The first-order valence-electron chi connectivity index (χ1n) is 8.43. The highest BCUT2D eigenvalue weighted by molar-refractivity contribution is 6.03. The monoisotopic (exact) mass is 420 g/mol. The smallest absolute Gasteiger partial charge is 0.416 e. The highest BCUT2D eigenvalue weighted by Gasteiger charge is 2.31. The molecule has 2 aromatic heterocycles. The van der Waals surface area contributed by atoms with E-state index in [-0.39, 0.29) is 22.7 Å². The van der Waals surface area contributed by atoms with Crippen molar-refractivity contribution in [3.8, 4) is 5.69 Å². The zero-order valence-electron chi connectivity index (χ0n) is 15.7. The largest absolute Gasteiger partial charge is 0.465 e. The number of aromatic nitrogens is 3. The topological polar surface area (TPSA) is 99.2 Å². The van der Waals surface area contributed by atoms with Gasteiger partial charge in [0.25, 0.3) is 0 Å². The van der Waals surface area contributed by atoms with Gasteiger partial charge in [-0.15, -0.1) is 0 Å². The van der Waals surface area contributed by atoms with Crippen molar-refractivity contribution < 1.29 is 31.9 Å². The first-order chi connectivity index (χ1) is 14.2. The minimum atomic E-state index is -4.59. The van der Waals surface area contributed by atoms with Crippen LogP contribution in [0.3, 0.4) is 0 Å². The third-order valence-electron chi connectivity index (χ3n) is 3.99. The van der Waals surface area contributed by atoms with Crippen LogP contribution in [0.5, 0.6) is 0 Å². The van der Waals surface area contributed by atoms with E-state index in [4.69, 9.17) is 4.42 Å². The molecule has 0 saturated heterocycles. The lowest BCUT2D eigenvalue weighted by molar-refractivity contribution is -0.137. The van der Waals surface area contributed by atoms with Crippen molar-refractivity contribution in [2.75, 3.05) is 12.4 Å². The summed E-state index contributed by atoms with van der Waals surface area (Å²) in [5, 5.41) is 6.26. The lowest BCUT2D eigenvalue weighted by Crippen LogP contribution is -2.13. The Kier molecular flexibility index (Phi) is 5.72. The summed E-state index contributed by atoms with van der Waals surface area (Å²) >= 11 is 0. The Morgan fingerprint density at radius 2 is 2.03 bits per heavy atom. The van der Waals surface area contributed by atoms with Crippen LogP contribution in [-0.2, 0) is 15.7 Å². The van der Waals surface area contributed by atoms with Gasteiger partial charge in [-0.25, -0.2) is 14.5 Å². The van der Waals surface area contributed by atoms with Crippen molar-refractivity contribution in [2.24, 2.45) is 0 Å². The van der Waals surface area contributed by atoms with E-state index in [0.29, 0.717) is 5.76 Å². The summed E-state index contributed by atoms with van der Waals surface area (Å²) in [4.78, 5) is 27.6. The minimum Gasteiger partial charge on any atom is -0.465 e. The summed E-state index contributed by atoms with van der Waals surface area (Å²) in [6, 6.07) is 4.24.